The smallest absolute Gasteiger partial charge is 0.166 e. The lowest BCUT2D eigenvalue weighted by atomic mass is 10.1. The molecule has 0 unspecified atom stereocenters. The zero-order valence-electron chi connectivity index (χ0n) is 9.97. The second kappa shape index (κ2) is 5.57. The maximum absolute atomic E-state index is 12.3. The van der Waals surface area contributed by atoms with Crippen LogP contribution in [0.15, 0.2) is 24.3 Å². The van der Waals surface area contributed by atoms with Gasteiger partial charge in [0.25, 0.3) is 0 Å². The van der Waals surface area contributed by atoms with E-state index in [0.29, 0.717) is 0 Å². The van der Waals surface area contributed by atoms with Crippen LogP contribution in [0.3, 0.4) is 0 Å². The fourth-order valence-electron chi connectivity index (χ4n) is 1.06. The van der Waals surface area contributed by atoms with E-state index < -0.39 is 11.7 Å². The molecule has 0 fully saturated rings. The van der Waals surface area contributed by atoms with Crippen LogP contribution in [0.2, 0.25) is 0 Å². The number of rotatable bonds is 3. The molecule has 0 aliphatic heterocycles. The van der Waals surface area contributed by atoms with Crippen LogP contribution in [-0.4, -0.2) is 4.75 Å². The predicted octanol–water partition coefficient (Wildman–Crippen LogP) is 5.39. The van der Waals surface area contributed by atoms with Crippen molar-refractivity contribution in [2.45, 2.75) is 37.4 Å². The van der Waals surface area contributed by atoms with E-state index in [1.165, 1.54) is 0 Å². The highest BCUT2D eigenvalue weighted by Crippen LogP contribution is 2.37. The third kappa shape index (κ3) is 5.73. The van der Waals surface area contributed by atoms with E-state index in [1.54, 1.807) is 33.7 Å². The second-order valence-electron chi connectivity index (χ2n) is 4.65. The number of halogens is 3. The molecule has 0 aliphatic carbocycles. The van der Waals surface area contributed by atoms with Gasteiger partial charge in [0.15, 0.2) is 0 Å². The molecule has 0 nitrogen and oxygen atoms in total. The van der Waals surface area contributed by atoms with E-state index in [9.17, 15) is 13.2 Å². The first kappa shape index (κ1) is 14.8. The first-order valence-corrected chi connectivity index (χ1v) is 7.47. The van der Waals surface area contributed by atoms with Gasteiger partial charge in [0.05, 0.1) is 5.56 Å². The Bertz CT molecular complexity index is 349. The summed E-state index contributed by atoms with van der Waals surface area (Å²) in [4.78, 5) is 0. The maximum Gasteiger partial charge on any atom is 0.416 e. The Hall–Kier alpha value is -0.290. The molecule has 5 heteroatoms. The third-order valence-corrected chi connectivity index (χ3v) is 5.09. The van der Waals surface area contributed by atoms with Crippen LogP contribution >= 0.6 is 21.6 Å². The van der Waals surface area contributed by atoms with Crippen LogP contribution in [0, 0.1) is 0 Å². The predicted molar refractivity (Wildman–Crippen MR) is 70.1 cm³/mol. The molecule has 0 amide bonds. The van der Waals surface area contributed by atoms with E-state index in [0.717, 1.165) is 23.4 Å². The highest BCUT2D eigenvalue weighted by Gasteiger charge is 2.29. The average Bonchev–Trinajstić information content (AvgIpc) is 2.15. The van der Waals surface area contributed by atoms with Gasteiger partial charge in [-0.05, 0) is 17.7 Å². The van der Waals surface area contributed by atoms with Gasteiger partial charge in [-0.15, -0.1) is 0 Å². The van der Waals surface area contributed by atoms with Gasteiger partial charge >= 0.3 is 6.18 Å². The molecule has 0 saturated heterocycles. The molecule has 0 heterocycles. The van der Waals surface area contributed by atoms with Gasteiger partial charge in [-0.25, -0.2) is 0 Å². The Morgan fingerprint density at radius 2 is 1.53 bits per heavy atom. The summed E-state index contributed by atoms with van der Waals surface area (Å²) in [6.07, 6.45) is -4.24. The minimum Gasteiger partial charge on any atom is -0.166 e. The molecular formula is C12H15F3S2. The SMILES string of the molecule is CC(C)(C)SSCc1ccc(C(F)(F)F)cc1. The summed E-state index contributed by atoms with van der Waals surface area (Å²) < 4.78 is 37.1. The zero-order chi connectivity index (χ0) is 13.1. The summed E-state index contributed by atoms with van der Waals surface area (Å²) in [7, 11) is 3.39. The van der Waals surface area contributed by atoms with Crippen molar-refractivity contribution in [2.75, 3.05) is 0 Å². The fraction of sp³-hybridized carbons (Fsp3) is 0.500. The Kier molecular flexibility index (Phi) is 4.84. The number of benzene rings is 1. The first-order valence-electron chi connectivity index (χ1n) is 5.15. The molecule has 0 aliphatic rings. The monoisotopic (exact) mass is 280 g/mol. The normalized spacial score (nSPS) is 12.8. The highest BCUT2D eigenvalue weighted by atomic mass is 33.1. The van der Waals surface area contributed by atoms with Crippen molar-refractivity contribution >= 4 is 21.6 Å². The molecular weight excluding hydrogens is 265 g/mol. The first-order chi connectivity index (χ1) is 7.68. The Labute approximate surface area is 108 Å². The lowest BCUT2D eigenvalue weighted by Gasteiger charge is -2.16. The minimum absolute atomic E-state index is 0.163. The van der Waals surface area contributed by atoms with E-state index in [4.69, 9.17) is 0 Å². The lowest BCUT2D eigenvalue weighted by Crippen LogP contribution is -2.05. The molecule has 96 valence electrons. The Morgan fingerprint density at radius 1 is 1.00 bits per heavy atom. The molecule has 1 aromatic rings. The van der Waals surface area contributed by atoms with Crippen molar-refractivity contribution in [3.8, 4) is 0 Å². The van der Waals surface area contributed by atoms with Gasteiger partial charge < -0.3 is 0 Å². The summed E-state index contributed by atoms with van der Waals surface area (Å²) >= 11 is 0. The quantitative estimate of drug-likeness (QED) is 0.681. The lowest BCUT2D eigenvalue weighted by molar-refractivity contribution is -0.137. The Morgan fingerprint density at radius 3 is 1.94 bits per heavy atom. The van der Waals surface area contributed by atoms with Gasteiger partial charge in [0.1, 0.15) is 0 Å². The molecule has 0 atom stereocenters. The van der Waals surface area contributed by atoms with E-state index in [2.05, 4.69) is 20.8 Å². The van der Waals surface area contributed by atoms with E-state index >= 15 is 0 Å². The standard InChI is InChI=1S/C12H15F3S2/c1-11(2,3)17-16-8-9-4-6-10(7-5-9)12(13,14)15/h4-7H,8H2,1-3H3. The molecule has 1 rings (SSSR count). The van der Waals surface area contributed by atoms with Crippen LogP contribution < -0.4 is 0 Å². The number of hydrogen-bond donors (Lipinski definition) is 0. The van der Waals surface area contributed by atoms with Gasteiger partial charge in [0.2, 0.25) is 0 Å². The minimum atomic E-state index is -4.24. The van der Waals surface area contributed by atoms with E-state index in [-0.39, 0.29) is 4.75 Å². The van der Waals surface area contributed by atoms with Crippen molar-refractivity contribution < 1.29 is 13.2 Å². The van der Waals surface area contributed by atoms with Crippen LogP contribution in [0.5, 0.6) is 0 Å². The summed E-state index contributed by atoms with van der Waals surface area (Å²) in [6.45, 7) is 6.33. The van der Waals surface area contributed by atoms with Crippen molar-refractivity contribution in [1.82, 2.24) is 0 Å². The largest absolute Gasteiger partial charge is 0.416 e. The van der Waals surface area contributed by atoms with Crippen molar-refractivity contribution in [3.63, 3.8) is 0 Å². The molecule has 17 heavy (non-hydrogen) atoms. The van der Waals surface area contributed by atoms with Crippen LogP contribution in [-0.2, 0) is 11.9 Å². The van der Waals surface area contributed by atoms with Crippen molar-refractivity contribution in [3.05, 3.63) is 35.4 Å². The van der Waals surface area contributed by atoms with Crippen molar-refractivity contribution in [2.24, 2.45) is 0 Å². The zero-order valence-corrected chi connectivity index (χ0v) is 11.6. The fourth-order valence-corrected chi connectivity index (χ4v) is 3.45. The maximum atomic E-state index is 12.3. The van der Waals surface area contributed by atoms with Gasteiger partial charge in [0, 0.05) is 10.5 Å². The van der Waals surface area contributed by atoms with E-state index in [1.807, 2.05) is 0 Å². The molecule has 0 radical (unpaired) electrons. The summed E-state index contributed by atoms with van der Waals surface area (Å²) in [5, 5.41) is 0. The number of hydrogen-bond acceptors (Lipinski definition) is 2. The third-order valence-electron chi connectivity index (χ3n) is 1.82. The topological polar surface area (TPSA) is 0 Å². The summed E-state index contributed by atoms with van der Waals surface area (Å²) in [6, 6.07) is 5.35. The molecule has 0 spiro atoms. The van der Waals surface area contributed by atoms with Gasteiger partial charge in [-0.3, -0.25) is 0 Å². The molecule has 0 bridgehead atoms. The van der Waals surface area contributed by atoms with Gasteiger partial charge in [-0.1, -0.05) is 54.5 Å². The average molecular weight is 280 g/mol. The summed E-state index contributed by atoms with van der Waals surface area (Å²) in [5.74, 6) is 0.722. The van der Waals surface area contributed by atoms with Crippen molar-refractivity contribution in [1.29, 1.82) is 0 Å². The molecule has 0 N–H and O–H groups in total. The molecule has 0 aromatic heterocycles. The molecule has 0 saturated carbocycles. The van der Waals surface area contributed by atoms with Crippen LogP contribution in [0.25, 0.3) is 0 Å². The van der Waals surface area contributed by atoms with Crippen LogP contribution in [0.1, 0.15) is 31.9 Å². The number of alkyl halides is 3. The highest BCUT2D eigenvalue weighted by molar-refractivity contribution is 8.76. The van der Waals surface area contributed by atoms with Gasteiger partial charge in [-0.2, -0.15) is 13.2 Å². The molecule has 1 aromatic carbocycles. The Balaban J connectivity index is 2.52. The van der Waals surface area contributed by atoms with Crippen LogP contribution in [0.4, 0.5) is 13.2 Å². The summed E-state index contributed by atoms with van der Waals surface area (Å²) in [5.41, 5.74) is 0.328. The second-order valence-corrected chi connectivity index (χ2v) is 7.78.